The van der Waals surface area contributed by atoms with Gasteiger partial charge in [-0.25, -0.2) is 13.4 Å². The van der Waals surface area contributed by atoms with Crippen molar-refractivity contribution in [2.75, 3.05) is 24.3 Å². The van der Waals surface area contributed by atoms with E-state index < -0.39 is 15.4 Å². The number of hydrogen-bond acceptors (Lipinski definition) is 5. The smallest absolute Gasteiger partial charge is 0.201 e. The average Bonchev–Trinajstić information content (AvgIpc) is 2.85. The second kappa shape index (κ2) is 4.12. The van der Waals surface area contributed by atoms with Gasteiger partial charge in [-0.2, -0.15) is 0 Å². The quantitative estimate of drug-likeness (QED) is 0.898. The van der Waals surface area contributed by atoms with Crippen LogP contribution < -0.4 is 10.5 Å². The molecule has 108 valence electrons. The van der Waals surface area contributed by atoms with E-state index in [4.69, 9.17) is 10.5 Å². The summed E-state index contributed by atoms with van der Waals surface area (Å²) in [6, 6.07) is 5.50. The standard InChI is InChI=1S/C13H17N3O3S/c1-13(5-6-20(17,18)8-13)16-11-4-3-9(19-2)7-10(11)15-12(16)14/h3-4,7H,5-6,8H2,1-2H3,(H2,14,15). The summed E-state index contributed by atoms with van der Waals surface area (Å²) in [6.07, 6.45) is 0.553. The molecule has 0 aliphatic carbocycles. The summed E-state index contributed by atoms with van der Waals surface area (Å²) in [5.41, 5.74) is 7.03. The SMILES string of the molecule is COc1ccc2c(c1)nc(N)n2C1(C)CCS(=O)(=O)C1. The summed E-state index contributed by atoms with van der Waals surface area (Å²) in [6.45, 7) is 1.92. The number of sulfone groups is 1. The van der Waals surface area contributed by atoms with Gasteiger partial charge in [0.2, 0.25) is 5.95 Å². The first kappa shape index (κ1) is 13.2. The lowest BCUT2D eigenvalue weighted by atomic mass is 10.0. The van der Waals surface area contributed by atoms with E-state index in [9.17, 15) is 8.42 Å². The Kier molecular flexibility index (Phi) is 2.72. The second-order valence-electron chi connectivity index (χ2n) is 5.50. The van der Waals surface area contributed by atoms with Gasteiger partial charge in [-0.05, 0) is 25.5 Å². The highest BCUT2D eigenvalue weighted by molar-refractivity contribution is 7.91. The van der Waals surface area contributed by atoms with E-state index in [0.29, 0.717) is 23.6 Å². The van der Waals surface area contributed by atoms with Crippen LogP contribution in [0.5, 0.6) is 5.75 Å². The molecule has 7 heteroatoms. The Morgan fingerprint density at radius 1 is 1.45 bits per heavy atom. The molecule has 1 aromatic carbocycles. The van der Waals surface area contributed by atoms with E-state index in [1.165, 1.54) is 0 Å². The van der Waals surface area contributed by atoms with Crippen LogP contribution in [0.4, 0.5) is 5.95 Å². The average molecular weight is 295 g/mol. The van der Waals surface area contributed by atoms with Crippen molar-refractivity contribution in [2.24, 2.45) is 0 Å². The Bertz CT molecular complexity index is 782. The summed E-state index contributed by atoms with van der Waals surface area (Å²) in [4.78, 5) is 4.33. The minimum absolute atomic E-state index is 0.0989. The normalized spacial score (nSPS) is 25.1. The molecule has 1 unspecified atom stereocenters. The molecule has 1 fully saturated rings. The van der Waals surface area contributed by atoms with Gasteiger partial charge in [0.1, 0.15) is 5.75 Å². The molecule has 3 rings (SSSR count). The Balaban J connectivity index is 2.19. The van der Waals surface area contributed by atoms with Crippen molar-refractivity contribution in [3.63, 3.8) is 0 Å². The fourth-order valence-corrected chi connectivity index (χ4v) is 5.06. The molecule has 6 nitrogen and oxygen atoms in total. The van der Waals surface area contributed by atoms with Crippen molar-refractivity contribution < 1.29 is 13.2 Å². The number of imidazole rings is 1. The van der Waals surface area contributed by atoms with Crippen molar-refractivity contribution in [1.29, 1.82) is 0 Å². The summed E-state index contributed by atoms with van der Waals surface area (Å²) >= 11 is 0. The molecule has 2 N–H and O–H groups in total. The molecule has 0 amide bonds. The van der Waals surface area contributed by atoms with Crippen molar-refractivity contribution in [3.8, 4) is 5.75 Å². The third kappa shape index (κ3) is 1.93. The Morgan fingerprint density at radius 2 is 2.20 bits per heavy atom. The fraction of sp³-hybridized carbons (Fsp3) is 0.462. The number of benzene rings is 1. The van der Waals surface area contributed by atoms with E-state index >= 15 is 0 Å². The van der Waals surface area contributed by atoms with Gasteiger partial charge in [-0.15, -0.1) is 0 Å². The summed E-state index contributed by atoms with van der Waals surface area (Å²) in [5, 5.41) is 0. The second-order valence-corrected chi connectivity index (χ2v) is 7.68. The zero-order valence-electron chi connectivity index (χ0n) is 11.5. The van der Waals surface area contributed by atoms with Crippen molar-refractivity contribution in [1.82, 2.24) is 9.55 Å². The molecular formula is C13H17N3O3S. The van der Waals surface area contributed by atoms with Crippen LogP contribution in [0, 0.1) is 0 Å². The van der Waals surface area contributed by atoms with Crippen LogP contribution >= 0.6 is 0 Å². The van der Waals surface area contributed by atoms with Gasteiger partial charge in [0.25, 0.3) is 0 Å². The minimum Gasteiger partial charge on any atom is -0.497 e. The van der Waals surface area contributed by atoms with Crippen LogP contribution in [0.25, 0.3) is 11.0 Å². The van der Waals surface area contributed by atoms with Crippen LogP contribution in [0.3, 0.4) is 0 Å². The van der Waals surface area contributed by atoms with E-state index in [1.807, 2.05) is 23.6 Å². The third-order valence-electron chi connectivity index (χ3n) is 3.91. The molecule has 1 atom stereocenters. The van der Waals surface area contributed by atoms with Crippen LogP contribution in [0.15, 0.2) is 18.2 Å². The molecule has 20 heavy (non-hydrogen) atoms. The fourth-order valence-electron chi connectivity index (χ4n) is 2.94. The van der Waals surface area contributed by atoms with E-state index in [1.54, 1.807) is 13.2 Å². The zero-order chi connectivity index (χ0) is 14.5. The predicted octanol–water partition coefficient (Wildman–Crippen LogP) is 1.16. The molecule has 1 aromatic heterocycles. The number of rotatable bonds is 2. The molecule has 2 aromatic rings. The zero-order valence-corrected chi connectivity index (χ0v) is 12.3. The maximum atomic E-state index is 11.8. The molecule has 2 heterocycles. The molecule has 1 saturated heterocycles. The number of nitrogens with zero attached hydrogens (tertiary/aromatic N) is 2. The number of ether oxygens (including phenoxy) is 1. The molecule has 1 aliphatic heterocycles. The molecule has 0 bridgehead atoms. The number of aromatic nitrogens is 2. The highest BCUT2D eigenvalue weighted by Gasteiger charge is 2.41. The largest absolute Gasteiger partial charge is 0.497 e. The summed E-state index contributed by atoms with van der Waals surface area (Å²) in [7, 11) is -1.42. The van der Waals surface area contributed by atoms with Gasteiger partial charge < -0.3 is 15.0 Å². The number of hydrogen-bond donors (Lipinski definition) is 1. The lowest BCUT2D eigenvalue weighted by molar-refractivity contribution is 0.381. The molecule has 1 aliphatic rings. The highest BCUT2D eigenvalue weighted by Crippen LogP contribution is 2.36. The Hall–Kier alpha value is -1.76. The van der Waals surface area contributed by atoms with Gasteiger partial charge in [0.05, 0.1) is 35.2 Å². The topological polar surface area (TPSA) is 87.2 Å². The Labute approximate surface area is 117 Å². The maximum Gasteiger partial charge on any atom is 0.201 e. The van der Waals surface area contributed by atoms with Crippen LogP contribution in [-0.2, 0) is 15.4 Å². The minimum atomic E-state index is -3.01. The van der Waals surface area contributed by atoms with Crippen LogP contribution in [-0.4, -0.2) is 36.6 Å². The van der Waals surface area contributed by atoms with Crippen molar-refractivity contribution in [3.05, 3.63) is 18.2 Å². The van der Waals surface area contributed by atoms with Gasteiger partial charge in [0.15, 0.2) is 9.84 Å². The summed E-state index contributed by atoms with van der Waals surface area (Å²) in [5.74, 6) is 1.33. The highest BCUT2D eigenvalue weighted by atomic mass is 32.2. The molecule has 0 spiro atoms. The number of nitrogens with two attached hydrogens (primary N) is 1. The lowest BCUT2D eigenvalue weighted by Gasteiger charge is -2.26. The first-order valence-corrected chi connectivity index (χ1v) is 8.20. The first-order chi connectivity index (χ1) is 9.35. The van der Waals surface area contributed by atoms with E-state index in [2.05, 4.69) is 4.98 Å². The van der Waals surface area contributed by atoms with E-state index in [-0.39, 0.29) is 11.5 Å². The van der Waals surface area contributed by atoms with Gasteiger partial charge in [-0.3, -0.25) is 0 Å². The number of methoxy groups -OCH3 is 1. The van der Waals surface area contributed by atoms with Crippen molar-refractivity contribution in [2.45, 2.75) is 18.9 Å². The predicted molar refractivity (Wildman–Crippen MR) is 77.6 cm³/mol. The van der Waals surface area contributed by atoms with Gasteiger partial charge in [0, 0.05) is 6.07 Å². The maximum absolute atomic E-state index is 11.8. The van der Waals surface area contributed by atoms with Gasteiger partial charge >= 0.3 is 0 Å². The number of nitrogen functional groups attached to an aromatic ring is 1. The molecular weight excluding hydrogens is 278 g/mol. The van der Waals surface area contributed by atoms with Crippen LogP contribution in [0.2, 0.25) is 0 Å². The lowest BCUT2D eigenvalue weighted by Crippen LogP contribution is -2.32. The Morgan fingerprint density at radius 3 is 2.80 bits per heavy atom. The van der Waals surface area contributed by atoms with Crippen molar-refractivity contribution >= 4 is 26.8 Å². The number of fused-ring (bicyclic) bond motifs is 1. The summed E-state index contributed by atoms with van der Waals surface area (Å²) < 4.78 is 30.6. The first-order valence-electron chi connectivity index (χ1n) is 6.37. The monoisotopic (exact) mass is 295 g/mol. The molecule has 0 radical (unpaired) electrons. The van der Waals surface area contributed by atoms with Crippen LogP contribution in [0.1, 0.15) is 13.3 Å². The number of anilines is 1. The van der Waals surface area contributed by atoms with E-state index in [0.717, 1.165) is 5.52 Å². The van der Waals surface area contributed by atoms with Gasteiger partial charge in [-0.1, -0.05) is 0 Å². The molecule has 0 saturated carbocycles. The third-order valence-corrected chi connectivity index (χ3v) is 5.80.